The monoisotopic (exact) mass is 202 g/mol. The van der Waals surface area contributed by atoms with E-state index >= 15 is 0 Å². The van der Waals surface area contributed by atoms with Gasteiger partial charge < -0.3 is 4.74 Å². The lowest BCUT2D eigenvalue weighted by molar-refractivity contribution is 0.279. The molecule has 0 radical (unpaired) electrons. The normalized spacial score (nSPS) is 35.1. The third-order valence-electron chi connectivity index (χ3n) is 3.84. The summed E-state index contributed by atoms with van der Waals surface area (Å²) in [6.45, 7) is 0. The number of hydrogen-bond donors (Lipinski definition) is 0. The molecule has 2 atom stereocenters. The lowest BCUT2D eigenvalue weighted by Gasteiger charge is -2.15. The topological polar surface area (TPSA) is 12.5 Å². The molecule has 0 amide bonds. The van der Waals surface area contributed by atoms with Gasteiger partial charge in [0.2, 0.25) is 0 Å². The van der Waals surface area contributed by atoms with E-state index in [4.69, 9.17) is 4.74 Å². The van der Waals surface area contributed by atoms with Gasteiger partial charge in [0.25, 0.3) is 0 Å². The predicted molar refractivity (Wildman–Crippen MR) is 60.7 cm³/mol. The first-order valence-corrected chi connectivity index (χ1v) is 6.15. The van der Waals surface area contributed by atoms with Crippen molar-refractivity contribution >= 4 is 0 Å². The Morgan fingerprint density at radius 1 is 1.00 bits per heavy atom. The molecular weight excluding hydrogens is 184 g/mol. The van der Waals surface area contributed by atoms with E-state index in [2.05, 4.69) is 30.3 Å². The van der Waals surface area contributed by atoms with Crippen LogP contribution in [-0.4, -0.2) is 6.10 Å². The minimum absolute atomic E-state index is 0.113. The third-order valence-corrected chi connectivity index (χ3v) is 3.84. The molecule has 1 aliphatic carbocycles. The van der Waals surface area contributed by atoms with Crippen LogP contribution in [0.3, 0.4) is 0 Å². The highest BCUT2D eigenvalue weighted by molar-refractivity contribution is 5.29. The smallest absolute Gasteiger partial charge is 0.120 e. The molecule has 1 aromatic rings. The van der Waals surface area contributed by atoms with E-state index in [1.807, 2.05) is 0 Å². The first kappa shape index (κ1) is 9.41. The van der Waals surface area contributed by atoms with E-state index in [1.165, 1.54) is 44.1 Å². The van der Waals surface area contributed by atoms with Crippen LogP contribution in [0.5, 0.6) is 0 Å². The Hall–Kier alpha value is -0.820. The predicted octanol–water partition coefficient (Wildman–Crippen LogP) is 3.63. The van der Waals surface area contributed by atoms with Gasteiger partial charge in [0.05, 0.1) is 6.10 Å². The van der Waals surface area contributed by atoms with Gasteiger partial charge in [-0.05, 0) is 18.4 Å². The molecule has 1 heterocycles. The summed E-state index contributed by atoms with van der Waals surface area (Å²) in [5, 5.41) is 0. The van der Waals surface area contributed by atoms with Crippen LogP contribution in [0, 0.1) is 0 Å². The fraction of sp³-hybridized carbons (Fsp3) is 0.571. The highest BCUT2D eigenvalue weighted by Crippen LogP contribution is 2.53. The van der Waals surface area contributed by atoms with Crippen LogP contribution in [0.4, 0.5) is 0 Å². The van der Waals surface area contributed by atoms with Crippen LogP contribution < -0.4 is 0 Å². The average molecular weight is 202 g/mol. The van der Waals surface area contributed by atoms with Crippen LogP contribution in [0.25, 0.3) is 0 Å². The highest BCUT2D eigenvalue weighted by atomic mass is 16.6. The van der Waals surface area contributed by atoms with Gasteiger partial charge in [-0.3, -0.25) is 0 Å². The largest absolute Gasteiger partial charge is 0.361 e. The lowest BCUT2D eigenvalue weighted by Crippen LogP contribution is -2.14. The molecule has 3 rings (SSSR count). The number of benzene rings is 1. The van der Waals surface area contributed by atoms with E-state index in [9.17, 15) is 0 Å². The summed E-state index contributed by atoms with van der Waals surface area (Å²) in [7, 11) is 0. The number of fused-ring (bicyclic) bond motifs is 1. The Morgan fingerprint density at radius 3 is 2.67 bits per heavy atom. The molecule has 80 valence electrons. The number of hydrogen-bond acceptors (Lipinski definition) is 1. The zero-order valence-electron chi connectivity index (χ0n) is 9.11. The molecule has 2 fully saturated rings. The van der Waals surface area contributed by atoms with Gasteiger partial charge in [-0.25, -0.2) is 0 Å². The van der Waals surface area contributed by atoms with Crippen molar-refractivity contribution in [3.05, 3.63) is 35.9 Å². The van der Waals surface area contributed by atoms with Crippen molar-refractivity contribution in [3.8, 4) is 0 Å². The van der Waals surface area contributed by atoms with Crippen molar-refractivity contribution in [1.29, 1.82) is 0 Å². The van der Waals surface area contributed by atoms with E-state index in [0.717, 1.165) is 0 Å². The zero-order chi connectivity index (χ0) is 10.1. The molecule has 0 spiro atoms. The van der Waals surface area contributed by atoms with Gasteiger partial charge in [-0.15, -0.1) is 0 Å². The second kappa shape index (κ2) is 3.64. The molecule has 0 bridgehead atoms. The van der Waals surface area contributed by atoms with Gasteiger partial charge in [0.1, 0.15) is 5.60 Å². The van der Waals surface area contributed by atoms with Crippen LogP contribution in [-0.2, 0) is 10.3 Å². The summed E-state index contributed by atoms with van der Waals surface area (Å²) in [6.07, 6.45) is 8.44. The Balaban J connectivity index is 1.85. The van der Waals surface area contributed by atoms with Gasteiger partial charge in [-0.1, -0.05) is 56.0 Å². The van der Waals surface area contributed by atoms with Crippen LogP contribution in [0.1, 0.15) is 44.1 Å². The molecule has 1 aromatic carbocycles. The van der Waals surface area contributed by atoms with Gasteiger partial charge >= 0.3 is 0 Å². The first-order valence-electron chi connectivity index (χ1n) is 6.15. The summed E-state index contributed by atoms with van der Waals surface area (Å²) in [5.41, 5.74) is 1.51. The van der Waals surface area contributed by atoms with E-state index in [0.29, 0.717) is 6.10 Å². The van der Waals surface area contributed by atoms with E-state index < -0.39 is 0 Å². The molecule has 1 heteroatoms. The molecule has 15 heavy (non-hydrogen) atoms. The van der Waals surface area contributed by atoms with Crippen LogP contribution >= 0.6 is 0 Å². The second-order valence-electron chi connectivity index (χ2n) is 4.81. The minimum Gasteiger partial charge on any atom is -0.361 e. The lowest BCUT2D eigenvalue weighted by atomic mass is 9.86. The zero-order valence-corrected chi connectivity index (χ0v) is 9.11. The van der Waals surface area contributed by atoms with Crippen molar-refractivity contribution in [2.24, 2.45) is 0 Å². The molecule has 1 saturated heterocycles. The molecule has 1 nitrogen and oxygen atoms in total. The minimum atomic E-state index is 0.113. The summed E-state index contributed by atoms with van der Waals surface area (Å²) in [4.78, 5) is 0. The third kappa shape index (κ3) is 1.59. The Labute approximate surface area is 91.5 Å². The molecule has 0 aromatic heterocycles. The van der Waals surface area contributed by atoms with Crippen LogP contribution in [0.15, 0.2) is 30.3 Å². The molecule has 0 unspecified atom stereocenters. The SMILES string of the molecule is c1ccc([C@@]23CCCCCC[C@@H]2O3)cc1. The van der Waals surface area contributed by atoms with Gasteiger partial charge in [0, 0.05) is 0 Å². The second-order valence-corrected chi connectivity index (χ2v) is 4.81. The Bertz CT molecular complexity index is 332. The van der Waals surface area contributed by atoms with Gasteiger partial charge in [0.15, 0.2) is 0 Å². The number of ether oxygens (including phenoxy) is 1. The molecule has 0 N–H and O–H groups in total. The maximum atomic E-state index is 6.01. The number of epoxide rings is 1. The molecule has 1 saturated carbocycles. The van der Waals surface area contributed by atoms with Gasteiger partial charge in [-0.2, -0.15) is 0 Å². The quantitative estimate of drug-likeness (QED) is 0.633. The standard InChI is InChI=1S/C14H18O/c1-2-7-11-14(13(15-14)10-6-1)12-8-4-3-5-9-12/h3-5,8-9,13H,1-2,6-7,10-11H2/t13-,14-/m0/s1. The van der Waals surface area contributed by atoms with E-state index in [1.54, 1.807) is 0 Å². The summed E-state index contributed by atoms with van der Waals surface area (Å²) in [6, 6.07) is 10.8. The van der Waals surface area contributed by atoms with Crippen molar-refractivity contribution in [2.45, 2.75) is 50.2 Å². The maximum Gasteiger partial charge on any atom is 0.120 e. The van der Waals surface area contributed by atoms with E-state index in [-0.39, 0.29) is 5.60 Å². The van der Waals surface area contributed by atoms with Crippen molar-refractivity contribution < 1.29 is 4.74 Å². The maximum absolute atomic E-state index is 6.01. The fourth-order valence-corrected chi connectivity index (χ4v) is 2.92. The highest BCUT2D eigenvalue weighted by Gasteiger charge is 2.56. The van der Waals surface area contributed by atoms with Crippen LogP contribution in [0.2, 0.25) is 0 Å². The Morgan fingerprint density at radius 2 is 1.80 bits per heavy atom. The molecule has 1 aliphatic heterocycles. The summed E-state index contributed by atoms with van der Waals surface area (Å²) >= 11 is 0. The van der Waals surface area contributed by atoms with Crippen molar-refractivity contribution in [3.63, 3.8) is 0 Å². The van der Waals surface area contributed by atoms with Crippen molar-refractivity contribution in [1.82, 2.24) is 0 Å². The molecule has 2 aliphatic rings. The van der Waals surface area contributed by atoms with Crippen molar-refractivity contribution in [2.75, 3.05) is 0 Å². The number of rotatable bonds is 1. The summed E-state index contributed by atoms with van der Waals surface area (Å²) in [5.74, 6) is 0. The fourth-order valence-electron chi connectivity index (χ4n) is 2.92. The Kier molecular flexibility index (Phi) is 2.28. The first-order chi connectivity index (χ1) is 7.42. The molecular formula is C14H18O. The summed E-state index contributed by atoms with van der Waals surface area (Å²) < 4.78 is 6.01. The average Bonchev–Trinajstić information content (AvgIpc) is 2.93.